The highest BCUT2D eigenvalue weighted by Crippen LogP contribution is 2.17. The minimum Gasteiger partial charge on any atom is -0.491 e. The maximum absolute atomic E-state index is 5.93. The summed E-state index contributed by atoms with van der Waals surface area (Å²) in [6.45, 7) is 10.9. The zero-order valence-corrected chi connectivity index (χ0v) is 15.8. The van der Waals surface area contributed by atoms with Gasteiger partial charge in [0, 0.05) is 6.42 Å². The van der Waals surface area contributed by atoms with Crippen LogP contribution in [0.5, 0.6) is 0 Å². The average Bonchev–Trinajstić information content (AvgIpc) is 2.56. The Bertz CT molecular complexity index is 263. The Kier molecular flexibility index (Phi) is 16.8. The largest absolute Gasteiger partial charge is 0.491 e. The lowest BCUT2D eigenvalue weighted by Gasteiger charge is -2.17. The van der Waals surface area contributed by atoms with E-state index in [1.54, 1.807) is 0 Å². The second kappa shape index (κ2) is 17.5. The number of rotatable bonds is 17. The van der Waals surface area contributed by atoms with Gasteiger partial charge in [0.1, 0.15) is 0 Å². The van der Waals surface area contributed by atoms with Crippen LogP contribution >= 0.6 is 0 Å². The molecule has 0 unspecified atom stereocenters. The van der Waals surface area contributed by atoms with Gasteiger partial charge in [-0.1, -0.05) is 53.4 Å². The van der Waals surface area contributed by atoms with E-state index in [1.165, 1.54) is 25.7 Å². The van der Waals surface area contributed by atoms with E-state index in [2.05, 4.69) is 27.7 Å². The molecule has 0 N–H and O–H groups in total. The van der Waals surface area contributed by atoms with Gasteiger partial charge in [-0.15, -0.1) is 0 Å². The van der Waals surface area contributed by atoms with Crippen LogP contribution in [-0.4, -0.2) is 26.6 Å². The van der Waals surface area contributed by atoms with E-state index >= 15 is 0 Å². The molecule has 23 heavy (non-hydrogen) atoms. The number of unbranched alkanes of at least 4 members (excludes halogenated alkanes) is 4. The molecule has 0 aromatic rings. The third kappa shape index (κ3) is 13.3. The van der Waals surface area contributed by atoms with Crippen molar-refractivity contribution in [3.05, 3.63) is 11.7 Å². The third-order valence-corrected chi connectivity index (χ3v) is 3.33. The SMILES string of the molecule is CCCCCOC(CCC)=C(OCCCCC)OCOCCC. The van der Waals surface area contributed by atoms with Crippen LogP contribution in [0.3, 0.4) is 0 Å². The van der Waals surface area contributed by atoms with E-state index in [1.807, 2.05) is 0 Å². The molecular formula is C19H38O4. The van der Waals surface area contributed by atoms with Gasteiger partial charge in [-0.2, -0.15) is 0 Å². The summed E-state index contributed by atoms with van der Waals surface area (Å²) in [4.78, 5) is 0. The molecule has 0 aromatic carbocycles. The summed E-state index contributed by atoms with van der Waals surface area (Å²) < 4.78 is 22.9. The predicted molar refractivity (Wildman–Crippen MR) is 95.1 cm³/mol. The number of hydrogen-bond donors (Lipinski definition) is 0. The second-order valence-electron chi connectivity index (χ2n) is 5.74. The molecule has 0 heterocycles. The van der Waals surface area contributed by atoms with Gasteiger partial charge in [0.25, 0.3) is 0 Å². The van der Waals surface area contributed by atoms with Crippen molar-refractivity contribution in [2.24, 2.45) is 0 Å². The Balaban J connectivity index is 4.55. The molecule has 4 nitrogen and oxygen atoms in total. The summed E-state index contributed by atoms with van der Waals surface area (Å²) in [6.07, 6.45) is 9.65. The first-order valence-electron chi connectivity index (χ1n) is 9.49. The van der Waals surface area contributed by atoms with Gasteiger partial charge >= 0.3 is 5.95 Å². The molecule has 138 valence electrons. The Morgan fingerprint density at radius 3 is 1.83 bits per heavy atom. The fourth-order valence-electron chi connectivity index (χ4n) is 2.03. The van der Waals surface area contributed by atoms with Crippen molar-refractivity contribution in [2.75, 3.05) is 26.6 Å². The molecule has 0 aliphatic carbocycles. The molecular weight excluding hydrogens is 292 g/mol. The summed E-state index contributed by atoms with van der Waals surface area (Å²) in [5.41, 5.74) is 0. The van der Waals surface area contributed by atoms with Crippen LogP contribution in [0.4, 0.5) is 0 Å². The van der Waals surface area contributed by atoms with Crippen LogP contribution in [0.25, 0.3) is 0 Å². The van der Waals surface area contributed by atoms with E-state index in [9.17, 15) is 0 Å². The van der Waals surface area contributed by atoms with Crippen molar-refractivity contribution < 1.29 is 18.9 Å². The van der Waals surface area contributed by atoms with E-state index in [0.717, 1.165) is 44.5 Å². The van der Waals surface area contributed by atoms with Gasteiger partial charge in [-0.3, -0.25) is 0 Å². The molecule has 0 aliphatic heterocycles. The summed E-state index contributed by atoms with van der Waals surface area (Å²) in [6, 6.07) is 0. The van der Waals surface area contributed by atoms with Crippen molar-refractivity contribution in [1.82, 2.24) is 0 Å². The first-order valence-corrected chi connectivity index (χ1v) is 9.49. The van der Waals surface area contributed by atoms with Gasteiger partial charge < -0.3 is 18.9 Å². The van der Waals surface area contributed by atoms with Crippen molar-refractivity contribution in [1.29, 1.82) is 0 Å². The summed E-state index contributed by atoms with van der Waals surface area (Å²) in [5, 5.41) is 0. The summed E-state index contributed by atoms with van der Waals surface area (Å²) in [7, 11) is 0. The molecule has 0 spiro atoms. The van der Waals surface area contributed by atoms with Crippen molar-refractivity contribution in [3.8, 4) is 0 Å². The molecule has 0 saturated carbocycles. The lowest BCUT2D eigenvalue weighted by molar-refractivity contribution is -0.0837. The quantitative estimate of drug-likeness (QED) is 0.193. The second-order valence-corrected chi connectivity index (χ2v) is 5.74. The summed E-state index contributed by atoms with van der Waals surface area (Å²) >= 11 is 0. The molecule has 0 rings (SSSR count). The Labute approximate surface area is 143 Å². The van der Waals surface area contributed by atoms with Gasteiger partial charge in [0.05, 0.1) is 19.8 Å². The Morgan fingerprint density at radius 2 is 1.26 bits per heavy atom. The zero-order valence-electron chi connectivity index (χ0n) is 15.8. The van der Waals surface area contributed by atoms with Gasteiger partial charge in [-0.05, 0) is 25.7 Å². The Hall–Kier alpha value is -0.900. The van der Waals surface area contributed by atoms with Crippen LogP contribution in [0, 0.1) is 0 Å². The number of allylic oxidation sites excluding steroid dienone is 1. The van der Waals surface area contributed by atoms with Crippen LogP contribution < -0.4 is 0 Å². The molecule has 0 aromatic heterocycles. The van der Waals surface area contributed by atoms with Crippen LogP contribution in [0.1, 0.15) is 85.5 Å². The lowest BCUT2D eigenvalue weighted by Crippen LogP contribution is -2.10. The molecule has 0 saturated heterocycles. The zero-order chi connectivity index (χ0) is 17.2. The normalized spacial score (nSPS) is 12.0. The monoisotopic (exact) mass is 330 g/mol. The maximum Gasteiger partial charge on any atom is 0.321 e. The smallest absolute Gasteiger partial charge is 0.321 e. The lowest BCUT2D eigenvalue weighted by atomic mass is 10.2. The van der Waals surface area contributed by atoms with Crippen LogP contribution in [0.15, 0.2) is 11.7 Å². The standard InChI is InChI=1S/C19H38O4/c1-5-9-11-15-21-18(13-7-3)19(22-16-12-10-6-2)23-17-20-14-8-4/h5-17H2,1-4H3. The van der Waals surface area contributed by atoms with Crippen molar-refractivity contribution >= 4 is 0 Å². The molecule has 0 bridgehead atoms. The highest BCUT2D eigenvalue weighted by Gasteiger charge is 2.12. The Morgan fingerprint density at radius 1 is 0.609 bits per heavy atom. The number of hydrogen-bond acceptors (Lipinski definition) is 4. The minimum absolute atomic E-state index is 0.225. The molecule has 0 aliphatic rings. The van der Waals surface area contributed by atoms with Gasteiger partial charge in [0.2, 0.25) is 0 Å². The number of ether oxygens (including phenoxy) is 4. The van der Waals surface area contributed by atoms with Gasteiger partial charge in [0.15, 0.2) is 12.6 Å². The third-order valence-electron chi connectivity index (χ3n) is 3.33. The fourth-order valence-corrected chi connectivity index (χ4v) is 2.03. The van der Waals surface area contributed by atoms with E-state index in [-0.39, 0.29) is 6.79 Å². The molecule has 0 radical (unpaired) electrons. The van der Waals surface area contributed by atoms with E-state index in [0.29, 0.717) is 19.2 Å². The molecule has 0 fully saturated rings. The first kappa shape index (κ1) is 22.1. The molecule has 0 amide bonds. The average molecular weight is 331 g/mol. The van der Waals surface area contributed by atoms with Gasteiger partial charge in [-0.25, -0.2) is 0 Å². The highest BCUT2D eigenvalue weighted by molar-refractivity contribution is 4.95. The fraction of sp³-hybridized carbons (Fsp3) is 0.895. The molecule has 0 atom stereocenters. The molecule has 4 heteroatoms. The van der Waals surface area contributed by atoms with E-state index in [4.69, 9.17) is 18.9 Å². The topological polar surface area (TPSA) is 36.9 Å². The van der Waals surface area contributed by atoms with Crippen LogP contribution in [0.2, 0.25) is 0 Å². The first-order chi connectivity index (χ1) is 11.3. The summed E-state index contributed by atoms with van der Waals surface area (Å²) in [5.74, 6) is 1.36. The van der Waals surface area contributed by atoms with E-state index < -0.39 is 0 Å². The highest BCUT2D eigenvalue weighted by atomic mass is 16.7. The van der Waals surface area contributed by atoms with Crippen LogP contribution in [-0.2, 0) is 18.9 Å². The maximum atomic E-state index is 5.93. The van der Waals surface area contributed by atoms with Crippen molar-refractivity contribution in [2.45, 2.75) is 85.5 Å². The van der Waals surface area contributed by atoms with Crippen molar-refractivity contribution in [3.63, 3.8) is 0 Å². The predicted octanol–water partition coefficient (Wildman–Crippen LogP) is 5.77. The minimum atomic E-state index is 0.225.